The van der Waals surface area contributed by atoms with Crippen LogP contribution >= 0.6 is 0 Å². The molecule has 0 bridgehead atoms. The molecule has 0 unspecified atom stereocenters. The largest absolute Gasteiger partial charge is 0.385 e. The Hall–Kier alpha value is -1.68. The first kappa shape index (κ1) is 18.7. The van der Waals surface area contributed by atoms with Crippen LogP contribution in [-0.4, -0.2) is 39.9 Å². The van der Waals surface area contributed by atoms with Crippen LogP contribution in [0.1, 0.15) is 29.9 Å². The number of benzene rings is 2. The average molecular weight is 326 g/mol. The van der Waals surface area contributed by atoms with Crippen molar-refractivity contribution in [2.24, 2.45) is 0 Å². The molecule has 0 amide bonds. The van der Waals surface area contributed by atoms with E-state index in [0.29, 0.717) is 5.92 Å². The van der Waals surface area contributed by atoms with Gasteiger partial charge in [0.2, 0.25) is 0 Å². The van der Waals surface area contributed by atoms with Gasteiger partial charge in [-0.05, 0) is 37.1 Å². The molecule has 2 N–H and O–H groups in total. The molecule has 24 heavy (non-hydrogen) atoms. The Kier molecular flexibility index (Phi) is 9.17. The molecule has 0 radical (unpaired) electrons. The third-order valence-electron chi connectivity index (χ3n) is 4.19. The third-order valence-corrected chi connectivity index (χ3v) is 4.19. The van der Waals surface area contributed by atoms with Crippen molar-refractivity contribution in [1.29, 1.82) is 0 Å². The molecule has 0 fully saturated rings. The Bertz CT molecular complexity index is 491. The topological polar surface area (TPSA) is 33.3 Å². The highest BCUT2D eigenvalue weighted by Crippen LogP contribution is 2.27. The maximum absolute atomic E-state index is 5.04. The summed E-state index contributed by atoms with van der Waals surface area (Å²) >= 11 is 0. The van der Waals surface area contributed by atoms with Crippen molar-refractivity contribution in [3.05, 3.63) is 71.8 Å². The molecule has 0 atom stereocenters. The van der Waals surface area contributed by atoms with Crippen LogP contribution in [-0.2, 0) is 4.74 Å². The number of methoxy groups -OCH3 is 1. The average Bonchev–Trinajstić information content (AvgIpc) is 2.65. The molecule has 0 saturated heterocycles. The zero-order valence-electron chi connectivity index (χ0n) is 14.7. The van der Waals surface area contributed by atoms with E-state index in [4.69, 9.17) is 4.74 Å². The summed E-state index contributed by atoms with van der Waals surface area (Å²) in [5.41, 5.74) is 2.78. The predicted molar refractivity (Wildman–Crippen MR) is 102 cm³/mol. The molecule has 0 aliphatic carbocycles. The van der Waals surface area contributed by atoms with Gasteiger partial charge in [-0.15, -0.1) is 0 Å². The second kappa shape index (κ2) is 11.8. The highest BCUT2D eigenvalue weighted by molar-refractivity contribution is 5.32. The van der Waals surface area contributed by atoms with Crippen molar-refractivity contribution in [2.75, 3.05) is 39.9 Å². The van der Waals surface area contributed by atoms with Gasteiger partial charge in [0.25, 0.3) is 0 Å². The minimum Gasteiger partial charge on any atom is -0.385 e. The molecule has 3 nitrogen and oxygen atoms in total. The molecule has 0 spiro atoms. The highest BCUT2D eigenvalue weighted by Gasteiger charge is 2.12. The standard InChI is InChI=1S/C21H30N2O/c1-24-18-8-14-22-16-17-23-15-13-21(19-9-4-2-5-10-19)20-11-6-3-7-12-20/h2-7,9-12,21-23H,8,13-18H2,1H3. The second-order valence-electron chi connectivity index (χ2n) is 6.01. The van der Waals surface area contributed by atoms with E-state index in [2.05, 4.69) is 71.3 Å². The lowest BCUT2D eigenvalue weighted by molar-refractivity contribution is 0.194. The zero-order chi connectivity index (χ0) is 16.9. The van der Waals surface area contributed by atoms with Gasteiger partial charge < -0.3 is 15.4 Å². The predicted octanol–water partition coefficient (Wildman–Crippen LogP) is 3.42. The molecule has 2 aromatic rings. The molecule has 0 saturated carbocycles. The molecular weight excluding hydrogens is 296 g/mol. The first-order chi connectivity index (χ1) is 11.9. The molecule has 2 aromatic carbocycles. The zero-order valence-corrected chi connectivity index (χ0v) is 14.7. The van der Waals surface area contributed by atoms with Crippen LogP contribution in [0.15, 0.2) is 60.7 Å². The van der Waals surface area contributed by atoms with E-state index in [1.54, 1.807) is 7.11 Å². The van der Waals surface area contributed by atoms with Gasteiger partial charge in [-0.25, -0.2) is 0 Å². The molecule has 0 aliphatic rings. The number of ether oxygens (including phenoxy) is 1. The molecule has 3 heteroatoms. The Morgan fingerprint density at radius 1 is 0.750 bits per heavy atom. The number of nitrogens with one attached hydrogen (secondary N) is 2. The number of hydrogen-bond acceptors (Lipinski definition) is 3. The fourth-order valence-corrected chi connectivity index (χ4v) is 2.91. The second-order valence-corrected chi connectivity index (χ2v) is 6.01. The summed E-state index contributed by atoms with van der Waals surface area (Å²) in [5.74, 6) is 0.453. The van der Waals surface area contributed by atoms with Crippen LogP contribution in [0.25, 0.3) is 0 Å². The summed E-state index contributed by atoms with van der Waals surface area (Å²) in [6, 6.07) is 21.6. The van der Waals surface area contributed by atoms with E-state index < -0.39 is 0 Å². The summed E-state index contributed by atoms with van der Waals surface area (Å²) < 4.78 is 5.04. The van der Waals surface area contributed by atoms with Crippen LogP contribution < -0.4 is 10.6 Å². The van der Waals surface area contributed by atoms with Crippen molar-refractivity contribution in [2.45, 2.75) is 18.8 Å². The summed E-state index contributed by atoms with van der Waals surface area (Å²) in [7, 11) is 1.75. The minimum atomic E-state index is 0.453. The number of hydrogen-bond donors (Lipinski definition) is 2. The van der Waals surface area contributed by atoms with E-state index in [-0.39, 0.29) is 0 Å². The summed E-state index contributed by atoms with van der Waals surface area (Å²) in [6.45, 7) is 4.88. The number of rotatable bonds is 12. The summed E-state index contributed by atoms with van der Waals surface area (Å²) in [6.07, 6.45) is 2.18. The Labute approximate surface area is 146 Å². The third kappa shape index (κ3) is 6.83. The maximum atomic E-state index is 5.04. The minimum absolute atomic E-state index is 0.453. The van der Waals surface area contributed by atoms with Crippen molar-refractivity contribution in [3.8, 4) is 0 Å². The van der Waals surface area contributed by atoms with Gasteiger partial charge in [0, 0.05) is 32.7 Å². The highest BCUT2D eigenvalue weighted by atomic mass is 16.5. The van der Waals surface area contributed by atoms with E-state index in [0.717, 1.165) is 45.6 Å². The Balaban J connectivity index is 1.74. The van der Waals surface area contributed by atoms with E-state index >= 15 is 0 Å². The lowest BCUT2D eigenvalue weighted by Crippen LogP contribution is -2.29. The van der Waals surface area contributed by atoms with Crippen LogP contribution in [0.2, 0.25) is 0 Å². The van der Waals surface area contributed by atoms with Crippen LogP contribution in [0, 0.1) is 0 Å². The van der Waals surface area contributed by atoms with Gasteiger partial charge in [0.15, 0.2) is 0 Å². The van der Waals surface area contributed by atoms with Gasteiger partial charge in [-0.1, -0.05) is 60.7 Å². The van der Waals surface area contributed by atoms with Gasteiger partial charge in [0.1, 0.15) is 0 Å². The first-order valence-electron chi connectivity index (χ1n) is 8.92. The van der Waals surface area contributed by atoms with E-state index in [1.165, 1.54) is 11.1 Å². The van der Waals surface area contributed by atoms with Crippen molar-refractivity contribution >= 4 is 0 Å². The van der Waals surface area contributed by atoms with Crippen LogP contribution in [0.5, 0.6) is 0 Å². The maximum Gasteiger partial charge on any atom is 0.0474 e. The fraction of sp³-hybridized carbons (Fsp3) is 0.429. The van der Waals surface area contributed by atoms with Gasteiger partial charge in [0.05, 0.1) is 0 Å². The lowest BCUT2D eigenvalue weighted by Gasteiger charge is -2.18. The first-order valence-corrected chi connectivity index (χ1v) is 8.92. The Morgan fingerprint density at radius 3 is 1.83 bits per heavy atom. The Morgan fingerprint density at radius 2 is 1.29 bits per heavy atom. The quantitative estimate of drug-likeness (QED) is 0.586. The summed E-state index contributed by atoms with van der Waals surface area (Å²) in [4.78, 5) is 0. The van der Waals surface area contributed by atoms with Crippen molar-refractivity contribution < 1.29 is 4.74 Å². The van der Waals surface area contributed by atoms with Gasteiger partial charge in [-0.2, -0.15) is 0 Å². The van der Waals surface area contributed by atoms with Crippen molar-refractivity contribution in [1.82, 2.24) is 10.6 Å². The molecule has 0 heterocycles. The molecule has 0 aromatic heterocycles. The van der Waals surface area contributed by atoms with Crippen molar-refractivity contribution in [3.63, 3.8) is 0 Å². The fourth-order valence-electron chi connectivity index (χ4n) is 2.91. The molecule has 2 rings (SSSR count). The molecule has 130 valence electrons. The SMILES string of the molecule is COCCCNCCNCCC(c1ccccc1)c1ccccc1. The van der Waals surface area contributed by atoms with Crippen LogP contribution in [0.3, 0.4) is 0 Å². The molecular formula is C21H30N2O. The van der Waals surface area contributed by atoms with Crippen LogP contribution in [0.4, 0.5) is 0 Å². The van der Waals surface area contributed by atoms with Gasteiger partial charge >= 0.3 is 0 Å². The summed E-state index contributed by atoms with van der Waals surface area (Å²) in [5, 5.41) is 6.98. The monoisotopic (exact) mass is 326 g/mol. The molecule has 0 aliphatic heterocycles. The van der Waals surface area contributed by atoms with E-state index in [1.807, 2.05) is 0 Å². The van der Waals surface area contributed by atoms with Gasteiger partial charge in [-0.3, -0.25) is 0 Å². The normalized spacial score (nSPS) is 11.1. The lowest BCUT2D eigenvalue weighted by atomic mass is 9.88. The smallest absolute Gasteiger partial charge is 0.0474 e. The van der Waals surface area contributed by atoms with E-state index in [9.17, 15) is 0 Å².